The second kappa shape index (κ2) is 9.70. The Balaban J connectivity index is 1.61. The molecule has 1 aromatic heterocycles. The highest BCUT2D eigenvalue weighted by Gasteiger charge is 2.36. The zero-order chi connectivity index (χ0) is 22.7. The normalized spacial score (nSPS) is 15.1. The summed E-state index contributed by atoms with van der Waals surface area (Å²) in [6, 6.07) is 11.7. The van der Waals surface area contributed by atoms with Crippen LogP contribution >= 0.6 is 22.9 Å². The maximum Gasteiger partial charge on any atom is 0.272 e. The van der Waals surface area contributed by atoms with Crippen LogP contribution in [-0.2, 0) is 9.53 Å². The number of anilines is 1. The van der Waals surface area contributed by atoms with Crippen molar-refractivity contribution >= 4 is 44.2 Å². The minimum Gasteiger partial charge on any atom is -0.478 e. The number of nitrogens with zero attached hydrogens (tertiary/aromatic N) is 3. The van der Waals surface area contributed by atoms with E-state index in [-0.39, 0.29) is 11.4 Å². The number of para-hydroxylation sites is 1. The van der Waals surface area contributed by atoms with Gasteiger partial charge in [0.1, 0.15) is 17.1 Å². The van der Waals surface area contributed by atoms with Crippen LogP contribution < -0.4 is 9.64 Å². The molecule has 170 valence electrons. The van der Waals surface area contributed by atoms with Gasteiger partial charge in [0.15, 0.2) is 10.7 Å². The van der Waals surface area contributed by atoms with Gasteiger partial charge in [0, 0.05) is 31.2 Å². The highest BCUT2D eigenvalue weighted by atomic mass is 35.5. The number of aromatic nitrogens is 1. The smallest absolute Gasteiger partial charge is 0.272 e. The first-order chi connectivity index (χ1) is 15.3. The summed E-state index contributed by atoms with van der Waals surface area (Å²) in [7, 11) is 0. The molecule has 0 unspecified atom stereocenters. The van der Waals surface area contributed by atoms with Crippen molar-refractivity contribution in [2.24, 2.45) is 0 Å². The topological polar surface area (TPSA) is 54.9 Å². The molecule has 0 saturated carbocycles. The lowest BCUT2D eigenvalue weighted by molar-refractivity contribution is -0.131. The molecule has 2 aromatic carbocycles. The first kappa shape index (κ1) is 22.9. The fourth-order valence-corrected chi connectivity index (χ4v) is 4.67. The predicted octanol–water partition coefficient (Wildman–Crippen LogP) is 4.61. The van der Waals surface area contributed by atoms with E-state index in [1.54, 1.807) is 55.1 Å². The van der Waals surface area contributed by atoms with Gasteiger partial charge in [0.05, 0.1) is 17.9 Å². The van der Waals surface area contributed by atoms with Gasteiger partial charge in [-0.05, 0) is 50.2 Å². The Morgan fingerprint density at radius 2 is 1.97 bits per heavy atom. The number of morpholine rings is 1. The lowest BCUT2D eigenvalue weighted by Gasteiger charge is -2.33. The molecule has 0 atom stereocenters. The highest BCUT2D eigenvalue weighted by molar-refractivity contribution is 7.22. The van der Waals surface area contributed by atoms with Crippen LogP contribution in [0.3, 0.4) is 0 Å². The van der Waals surface area contributed by atoms with Gasteiger partial charge < -0.3 is 9.47 Å². The Hall–Kier alpha value is -2.26. The summed E-state index contributed by atoms with van der Waals surface area (Å²) in [5, 5.41) is 1.04. The van der Waals surface area contributed by atoms with E-state index in [9.17, 15) is 9.18 Å². The lowest BCUT2D eigenvalue weighted by Crippen LogP contribution is -2.51. The van der Waals surface area contributed by atoms with Crippen LogP contribution in [0.15, 0.2) is 42.5 Å². The summed E-state index contributed by atoms with van der Waals surface area (Å²) in [5.41, 5.74) is -0.900. The maximum absolute atomic E-state index is 14.3. The van der Waals surface area contributed by atoms with Crippen LogP contribution in [0.4, 0.5) is 9.52 Å². The number of carbonyl (C=O) groups excluding carboxylic acids is 1. The van der Waals surface area contributed by atoms with Gasteiger partial charge in [-0.15, -0.1) is 0 Å². The minimum atomic E-state index is -1.17. The van der Waals surface area contributed by atoms with Gasteiger partial charge in [-0.25, -0.2) is 9.37 Å². The van der Waals surface area contributed by atoms with Crippen LogP contribution in [0.5, 0.6) is 5.75 Å². The first-order valence-corrected chi connectivity index (χ1v) is 11.6. The van der Waals surface area contributed by atoms with Gasteiger partial charge >= 0.3 is 0 Å². The summed E-state index contributed by atoms with van der Waals surface area (Å²) in [4.78, 5) is 22.0. The van der Waals surface area contributed by atoms with Crippen molar-refractivity contribution in [3.63, 3.8) is 0 Å². The number of amides is 1. The third-order valence-electron chi connectivity index (χ3n) is 5.28. The van der Waals surface area contributed by atoms with Crippen molar-refractivity contribution < 1.29 is 18.7 Å². The second-order valence-electron chi connectivity index (χ2n) is 8.06. The molecule has 6 nitrogen and oxygen atoms in total. The van der Waals surface area contributed by atoms with Gasteiger partial charge in [0.2, 0.25) is 0 Å². The van der Waals surface area contributed by atoms with Crippen molar-refractivity contribution in [2.75, 3.05) is 44.3 Å². The third-order valence-corrected chi connectivity index (χ3v) is 6.58. The minimum absolute atomic E-state index is 0.250. The van der Waals surface area contributed by atoms with E-state index in [4.69, 9.17) is 21.1 Å². The average Bonchev–Trinajstić information content (AvgIpc) is 3.21. The van der Waals surface area contributed by atoms with Crippen molar-refractivity contribution in [3.8, 4) is 5.75 Å². The number of rotatable bonds is 7. The van der Waals surface area contributed by atoms with Crippen molar-refractivity contribution in [3.05, 3.63) is 53.3 Å². The number of thiazole rings is 1. The van der Waals surface area contributed by atoms with Crippen molar-refractivity contribution in [1.82, 2.24) is 9.88 Å². The number of ether oxygens (including phenoxy) is 2. The number of halogens is 2. The Morgan fingerprint density at radius 1 is 1.25 bits per heavy atom. The molecule has 0 radical (unpaired) electrons. The van der Waals surface area contributed by atoms with E-state index < -0.39 is 11.4 Å². The molecule has 1 amide bonds. The molecule has 1 fully saturated rings. The molecular weight excluding hydrogens is 453 g/mol. The summed E-state index contributed by atoms with van der Waals surface area (Å²) >= 11 is 7.26. The molecule has 3 aromatic rings. The summed E-state index contributed by atoms with van der Waals surface area (Å²) in [5.74, 6) is -0.112. The van der Waals surface area contributed by atoms with Crippen LogP contribution in [0.25, 0.3) is 10.2 Å². The molecule has 1 aliphatic rings. The average molecular weight is 478 g/mol. The first-order valence-electron chi connectivity index (χ1n) is 10.5. The summed E-state index contributed by atoms with van der Waals surface area (Å²) in [6.45, 7) is 7.47. The molecule has 9 heteroatoms. The van der Waals surface area contributed by atoms with Gasteiger partial charge in [-0.2, -0.15) is 0 Å². The molecule has 0 spiro atoms. The van der Waals surface area contributed by atoms with Gasteiger partial charge in [-0.3, -0.25) is 14.6 Å². The maximum atomic E-state index is 14.3. The number of hydrogen-bond acceptors (Lipinski definition) is 6. The zero-order valence-electron chi connectivity index (χ0n) is 18.0. The van der Waals surface area contributed by atoms with E-state index in [1.807, 2.05) is 0 Å². The lowest BCUT2D eigenvalue weighted by atomic mass is 10.1. The van der Waals surface area contributed by atoms with Crippen molar-refractivity contribution in [2.45, 2.75) is 19.4 Å². The van der Waals surface area contributed by atoms with E-state index in [2.05, 4.69) is 9.88 Å². The molecule has 2 heterocycles. The van der Waals surface area contributed by atoms with E-state index in [1.165, 1.54) is 17.4 Å². The van der Waals surface area contributed by atoms with Crippen molar-refractivity contribution in [1.29, 1.82) is 0 Å². The molecule has 1 aliphatic heterocycles. The van der Waals surface area contributed by atoms with Crippen LogP contribution in [-0.4, -0.2) is 60.8 Å². The second-order valence-corrected chi connectivity index (χ2v) is 9.51. The number of fused-ring (bicyclic) bond motifs is 1. The fourth-order valence-electron chi connectivity index (χ4n) is 3.53. The predicted molar refractivity (Wildman–Crippen MR) is 125 cm³/mol. The molecule has 1 saturated heterocycles. The molecule has 0 aliphatic carbocycles. The van der Waals surface area contributed by atoms with Gasteiger partial charge in [-0.1, -0.05) is 29.0 Å². The Morgan fingerprint density at radius 3 is 2.66 bits per heavy atom. The van der Waals surface area contributed by atoms with Gasteiger partial charge in [0.25, 0.3) is 5.91 Å². The molecular formula is C23H25ClFN3O3S. The quantitative estimate of drug-likeness (QED) is 0.497. The summed E-state index contributed by atoms with van der Waals surface area (Å²) < 4.78 is 26.4. The van der Waals surface area contributed by atoms with Crippen LogP contribution in [0, 0.1) is 5.82 Å². The van der Waals surface area contributed by atoms with Crippen LogP contribution in [0.2, 0.25) is 5.02 Å². The molecule has 0 bridgehead atoms. The standard InChI is InChI=1S/C23H25ClFN3O3S/c1-23(2,31-17-8-6-16(24)7-9-17)21(29)28(11-10-27-12-14-30-15-13-27)22-26-20-18(25)4-3-5-19(20)32-22/h3-9H,10-15H2,1-2H3. The zero-order valence-corrected chi connectivity index (χ0v) is 19.6. The largest absolute Gasteiger partial charge is 0.478 e. The number of benzene rings is 2. The third kappa shape index (κ3) is 5.20. The number of hydrogen-bond donors (Lipinski definition) is 0. The van der Waals surface area contributed by atoms with E-state index in [0.717, 1.165) is 13.1 Å². The molecule has 0 N–H and O–H groups in total. The Labute approximate surface area is 195 Å². The van der Waals surface area contributed by atoms with E-state index in [0.29, 0.717) is 46.9 Å². The number of carbonyl (C=O) groups is 1. The molecule has 4 rings (SSSR count). The Bertz CT molecular complexity index is 1080. The van der Waals surface area contributed by atoms with E-state index >= 15 is 0 Å². The fraction of sp³-hybridized carbons (Fsp3) is 0.391. The monoisotopic (exact) mass is 477 g/mol. The SMILES string of the molecule is CC(C)(Oc1ccc(Cl)cc1)C(=O)N(CCN1CCOCC1)c1nc2c(F)cccc2s1. The highest BCUT2D eigenvalue weighted by Crippen LogP contribution is 2.32. The summed E-state index contributed by atoms with van der Waals surface area (Å²) in [6.07, 6.45) is 0. The van der Waals surface area contributed by atoms with Crippen LogP contribution in [0.1, 0.15) is 13.8 Å². The molecule has 32 heavy (non-hydrogen) atoms. The Kier molecular flexibility index (Phi) is 6.95.